The Bertz CT molecular complexity index is 582. The minimum Gasteiger partial charge on any atom is -0.310 e. The number of benzene rings is 1. The van der Waals surface area contributed by atoms with Gasteiger partial charge in [0.25, 0.3) is 0 Å². The van der Waals surface area contributed by atoms with Gasteiger partial charge in [-0.25, -0.2) is 4.68 Å². The molecule has 0 aliphatic carbocycles. The summed E-state index contributed by atoms with van der Waals surface area (Å²) in [5.74, 6) is 0.682. The summed E-state index contributed by atoms with van der Waals surface area (Å²) in [6.45, 7) is 2.47. The van der Waals surface area contributed by atoms with Crippen LogP contribution in [0.5, 0.6) is 0 Å². The first kappa shape index (κ1) is 14.9. The van der Waals surface area contributed by atoms with Gasteiger partial charge in [0.1, 0.15) is 5.82 Å². The van der Waals surface area contributed by atoms with E-state index in [0.29, 0.717) is 17.4 Å². The molecule has 1 amide bonds. The van der Waals surface area contributed by atoms with Gasteiger partial charge in [-0.05, 0) is 30.9 Å². The summed E-state index contributed by atoms with van der Waals surface area (Å²) in [5.41, 5.74) is 1.08. The third kappa shape index (κ3) is 3.77. The monoisotopic (exact) mass is 309 g/mol. The van der Waals surface area contributed by atoms with Gasteiger partial charge in [0, 0.05) is 11.1 Å². The molecule has 106 valence electrons. The van der Waals surface area contributed by atoms with Crippen LogP contribution < -0.4 is 5.32 Å². The number of carbonyl (C=O) groups excluding carboxylic acids is 1. The summed E-state index contributed by atoms with van der Waals surface area (Å²) in [6.07, 6.45) is 3.59. The predicted molar refractivity (Wildman–Crippen MR) is 84.4 cm³/mol. The zero-order chi connectivity index (χ0) is 14.5. The molecule has 1 aromatic carbocycles. The van der Waals surface area contributed by atoms with Crippen LogP contribution >= 0.6 is 23.4 Å². The van der Waals surface area contributed by atoms with E-state index in [2.05, 4.69) is 10.4 Å². The third-order valence-corrected chi connectivity index (χ3v) is 4.11. The van der Waals surface area contributed by atoms with Gasteiger partial charge in [0.2, 0.25) is 5.91 Å². The fraction of sp³-hybridized carbons (Fsp3) is 0.286. The summed E-state index contributed by atoms with van der Waals surface area (Å²) in [7, 11) is 0. The molecule has 20 heavy (non-hydrogen) atoms. The number of hydrogen-bond donors (Lipinski definition) is 1. The van der Waals surface area contributed by atoms with Crippen LogP contribution in [0.15, 0.2) is 36.5 Å². The van der Waals surface area contributed by atoms with Crippen molar-refractivity contribution in [2.24, 2.45) is 0 Å². The van der Waals surface area contributed by atoms with Gasteiger partial charge in [0.05, 0.1) is 18.0 Å². The molecule has 4 nitrogen and oxygen atoms in total. The molecule has 0 saturated carbocycles. The minimum absolute atomic E-state index is 0.0182. The average Bonchev–Trinajstić information content (AvgIpc) is 2.87. The van der Waals surface area contributed by atoms with E-state index in [9.17, 15) is 4.79 Å². The molecule has 1 N–H and O–H groups in total. The second-order valence-corrected chi connectivity index (χ2v) is 5.98. The van der Waals surface area contributed by atoms with E-state index in [1.54, 1.807) is 16.9 Å². The van der Waals surface area contributed by atoms with E-state index in [1.807, 2.05) is 37.4 Å². The summed E-state index contributed by atoms with van der Waals surface area (Å²) < 4.78 is 1.76. The first-order valence-electron chi connectivity index (χ1n) is 6.20. The van der Waals surface area contributed by atoms with Crippen LogP contribution in [0.4, 0.5) is 5.82 Å². The molecule has 1 unspecified atom stereocenters. The van der Waals surface area contributed by atoms with Gasteiger partial charge in [-0.1, -0.05) is 23.7 Å². The molecule has 2 aromatic rings. The molecule has 1 atom stereocenters. The number of thioether (sulfide) groups is 1. The van der Waals surface area contributed by atoms with Gasteiger partial charge in [0.15, 0.2) is 0 Å². The number of aromatic nitrogens is 2. The molecule has 0 aliphatic heterocycles. The molecule has 2 rings (SSSR count). The van der Waals surface area contributed by atoms with Crippen molar-refractivity contribution in [2.75, 3.05) is 11.6 Å². The molecule has 1 aromatic heterocycles. The molecule has 1 heterocycles. The number of nitrogens with zero attached hydrogens (tertiary/aromatic N) is 2. The summed E-state index contributed by atoms with van der Waals surface area (Å²) in [6, 6.07) is 9.37. The number of anilines is 1. The molecule has 0 radical (unpaired) electrons. The molecule has 6 heteroatoms. The largest absolute Gasteiger partial charge is 0.310 e. The molecule has 0 saturated heterocycles. The van der Waals surface area contributed by atoms with Gasteiger partial charge in [-0.15, -0.1) is 0 Å². The van der Waals surface area contributed by atoms with Crippen molar-refractivity contribution >= 4 is 35.1 Å². The fourth-order valence-electron chi connectivity index (χ4n) is 1.66. The van der Waals surface area contributed by atoms with Crippen molar-refractivity contribution < 1.29 is 4.79 Å². The van der Waals surface area contributed by atoms with E-state index in [1.165, 1.54) is 11.8 Å². The Morgan fingerprint density at radius 1 is 1.40 bits per heavy atom. The zero-order valence-corrected chi connectivity index (χ0v) is 12.9. The van der Waals surface area contributed by atoms with Crippen molar-refractivity contribution in [3.05, 3.63) is 47.1 Å². The number of halogens is 1. The average molecular weight is 310 g/mol. The lowest BCUT2D eigenvalue weighted by Crippen LogP contribution is -2.24. The standard InChI is InChI=1S/C14H16ClN3OS/c1-10(20-2)14(19)17-13-7-8-16-18(13)9-11-3-5-12(15)6-4-11/h3-8,10H,9H2,1-2H3,(H,17,19). The van der Waals surface area contributed by atoms with Crippen LogP contribution in [0.25, 0.3) is 0 Å². The minimum atomic E-state index is -0.0890. The number of amides is 1. The van der Waals surface area contributed by atoms with Gasteiger partial charge >= 0.3 is 0 Å². The molecular formula is C14H16ClN3OS. The maximum atomic E-state index is 11.9. The van der Waals surface area contributed by atoms with Crippen molar-refractivity contribution in [3.8, 4) is 0 Å². The zero-order valence-electron chi connectivity index (χ0n) is 11.3. The molecule has 0 fully saturated rings. The van der Waals surface area contributed by atoms with Gasteiger partial charge in [-0.3, -0.25) is 4.79 Å². The second-order valence-electron chi connectivity index (χ2n) is 4.37. The normalized spacial score (nSPS) is 12.2. The summed E-state index contributed by atoms with van der Waals surface area (Å²) in [4.78, 5) is 11.9. The Balaban J connectivity index is 2.08. The lowest BCUT2D eigenvalue weighted by Gasteiger charge is -2.11. The maximum Gasteiger partial charge on any atom is 0.238 e. The molecular weight excluding hydrogens is 294 g/mol. The topological polar surface area (TPSA) is 46.9 Å². The predicted octanol–water partition coefficient (Wildman–Crippen LogP) is 3.27. The molecule has 0 spiro atoms. The van der Waals surface area contributed by atoms with E-state index < -0.39 is 0 Å². The first-order valence-corrected chi connectivity index (χ1v) is 7.86. The lowest BCUT2D eigenvalue weighted by atomic mass is 10.2. The quantitative estimate of drug-likeness (QED) is 0.922. The number of hydrogen-bond acceptors (Lipinski definition) is 3. The first-order chi connectivity index (χ1) is 9.60. The Morgan fingerprint density at radius 2 is 2.10 bits per heavy atom. The summed E-state index contributed by atoms with van der Waals surface area (Å²) >= 11 is 7.37. The van der Waals surface area contributed by atoms with E-state index >= 15 is 0 Å². The molecule has 0 bridgehead atoms. The number of carbonyl (C=O) groups is 1. The van der Waals surface area contributed by atoms with Crippen molar-refractivity contribution in [1.29, 1.82) is 0 Å². The van der Waals surface area contributed by atoms with Gasteiger partial charge in [-0.2, -0.15) is 16.9 Å². The highest BCUT2D eigenvalue weighted by atomic mass is 35.5. The van der Waals surface area contributed by atoms with E-state index in [-0.39, 0.29) is 11.2 Å². The van der Waals surface area contributed by atoms with Crippen LogP contribution in [0.2, 0.25) is 5.02 Å². The summed E-state index contributed by atoms with van der Waals surface area (Å²) in [5, 5.41) is 7.74. The highest BCUT2D eigenvalue weighted by molar-refractivity contribution is 7.99. The van der Waals surface area contributed by atoms with Crippen molar-refractivity contribution in [1.82, 2.24) is 9.78 Å². The van der Waals surface area contributed by atoms with Crippen LogP contribution in [-0.2, 0) is 11.3 Å². The maximum absolute atomic E-state index is 11.9. The lowest BCUT2D eigenvalue weighted by molar-refractivity contribution is -0.115. The second kappa shape index (κ2) is 6.81. The third-order valence-electron chi connectivity index (χ3n) is 2.94. The Morgan fingerprint density at radius 3 is 2.75 bits per heavy atom. The highest BCUT2D eigenvalue weighted by Crippen LogP contribution is 2.15. The Labute approximate surface area is 127 Å². The van der Waals surface area contributed by atoms with Crippen LogP contribution in [-0.4, -0.2) is 27.2 Å². The smallest absolute Gasteiger partial charge is 0.238 e. The van der Waals surface area contributed by atoms with E-state index in [4.69, 9.17) is 11.6 Å². The number of nitrogens with one attached hydrogen (secondary N) is 1. The SMILES string of the molecule is CSC(C)C(=O)Nc1ccnn1Cc1ccc(Cl)cc1. The van der Waals surface area contributed by atoms with Crippen LogP contribution in [0.3, 0.4) is 0 Å². The van der Waals surface area contributed by atoms with Crippen molar-refractivity contribution in [2.45, 2.75) is 18.7 Å². The van der Waals surface area contributed by atoms with E-state index in [0.717, 1.165) is 5.56 Å². The van der Waals surface area contributed by atoms with Crippen LogP contribution in [0.1, 0.15) is 12.5 Å². The Kier molecular flexibility index (Phi) is 5.09. The Hall–Kier alpha value is -1.46. The van der Waals surface area contributed by atoms with Gasteiger partial charge < -0.3 is 5.32 Å². The number of rotatable bonds is 5. The molecule has 0 aliphatic rings. The van der Waals surface area contributed by atoms with Crippen LogP contribution in [0, 0.1) is 0 Å². The van der Waals surface area contributed by atoms with Crippen molar-refractivity contribution in [3.63, 3.8) is 0 Å². The highest BCUT2D eigenvalue weighted by Gasteiger charge is 2.13. The fourth-order valence-corrected chi connectivity index (χ4v) is 2.06.